The molecule has 178 valence electrons. The molecule has 3 aromatic carbocycles. The lowest BCUT2D eigenvalue weighted by Crippen LogP contribution is -2.46. The molecule has 35 heavy (non-hydrogen) atoms. The van der Waals surface area contributed by atoms with Crippen molar-refractivity contribution in [3.8, 4) is 5.75 Å². The summed E-state index contributed by atoms with van der Waals surface area (Å²) in [6.07, 6.45) is 0. The first-order chi connectivity index (χ1) is 17.1. The summed E-state index contributed by atoms with van der Waals surface area (Å²) in [6, 6.07) is 26.5. The van der Waals surface area contributed by atoms with Gasteiger partial charge in [-0.1, -0.05) is 42.5 Å². The highest BCUT2D eigenvalue weighted by molar-refractivity contribution is 5.93. The zero-order chi connectivity index (χ0) is 24.2. The molecule has 0 bridgehead atoms. The van der Waals surface area contributed by atoms with E-state index in [4.69, 9.17) is 9.72 Å². The number of hydrogen-bond acceptors (Lipinski definition) is 5. The van der Waals surface area contributed by atoms with Gasteiger partial charge in [-0.15, -0.1) is 0 Å². The van der Waals surface area contributed by atoms with E-state index in [0.717, 1.165) is 59.7 Å². The van der Waals surface area contributed by atoms with Gasteiger partial charge in [0.05, 0.1) is 0 Å². The van der Waals surface area contributed by atoms with E-state index in [0.29, 0.717) is 5.75 Å². The van der Waals surface area contributed by atoms with Crippen LogP contribution in [0.3, 0.4) is 0 Å². The van der Waals surface area contributed by atoms with Gasteiger partial charge in [0.25, 0.3) is 5.91 Å². The van der Waals surface area contributed by atoms with Crippen molar-refractivity contribution in [2.75, 3.05) is 47.9 Å². The SMILES string of the molecule is Cc1ccc(C)c(NC(=O)COc2cccc3ccc(N4CCN(c5ccccc5)CC4)nc23)c1. The van der Waals surface area contributed by atoms with Crippen LogP contribution in [0.2, 0.25) is 0 Å². The predicted molar refractivity (Wildman–Crippen MR) is 143 cm³/mol. The van der Waals surface area contributed by atoms with Crippen LogP contribution in [0.15, 0.2) is 78.9 Å². The van der Waals surface area contributed by atoms with Crippen molar-refractivity contribution < 1.29 is 9.53 Å². The number of carbonyl (C=O) groups excluding carboxylic acids is 1. The van der Waals surface area contributed by atoms with E-state index in [1.807, 2.05) is 56.3 Å². The number of amides is 1. The van der Waals surface area contributed by atoms with Gasteiger partial charge in [-0.05, 0) is 61.4 Å². The lowest BCUT2D eigenvalue weighted by molar-refractivity contribution is -0.118. The topological polar surface area (TPSA) is 57.7 Å². The summed E-state index contributed by atoms with van der Waals surface area (Å²) >= 11 is 0. The van der Waals surface area contributed by atoms with Crippen LogP contribution < -0.4 is 19.9 Å². The molecule has 1 N–H and O–H groups in total. The lowest BCUT2D eigenvalue weighted by atomic mass is 10.1. The number of ether oxygens (including phenoxy) is 1. The molecule has 0 radical (unpaired) electrons. The number of rotatable bonds is 6. The third-order valence-electron chi connectivity index (χ3n) is 6.42. The third-order valence-corrected chi connectivity index (χ3v) is 6.42. The molecular weight excluding hydrogens is 436 g/mol. The van der Waals surface area contributed by atoms with Gasteiger partial charge >= 0.3 is 0 Å². The molecular formula is C29H30N4O2. The minimum atomic E-state index is -0.191. The largest absolute Gasteiger partial charge is 0.481 e. The van der Waals surface area contributed by atoms with Crippen molar-refractivity contribution >= 4 is 34.0 Å². The maximum absolute atomic E-state index is 12.6. The number of benzene rings is 3. The summed E-state index contributed by atoms with van der Waals surface area (Å²) < 4.78 is 5.94. The lowest BCUT2D eigenvalue weighted by Gasteiger charge is -2.36. The molecule has 2 heterocycles. The van der Waals surface area contributed by atoms with E-state index >= 15 is 0 Å². The van der Waals surface area contributed by atoms with Crippen molar-refractivity contribution in [2.24, 2.45) is 0 Å². The molecule has 0 saturated carbocycles. The van der Waals surface area contributed by atoms with Gasteiger partial charge in [0.2, 0.25) is 0 Å². The predicted octanol–water partition coefficient (Wildman–Crippen LogP) is 5.20. The summed E-state index contributed by atoms with van der Waals surface area (Å²) in [5.41, 5.74) is 4.96. The summed E-state index contributed by atoms with van der Waals surface area (Å²) in [4.78, 5) is 22.2. The highest BCUT2D eigenvalue weighted by Crippen LogP contribution is 2.28. The fraction of sp³-hybridized carbons (Fsp3) is 0.241. The van der Waals surface area contributed by atoms with Gasteiger partial charge in [0, 0.05) is 42.9 Å². The number of nitrogens with zero attached hydrogens (tertiary/aromatic N) is 3. The number of hydrogen-bond donors (Lipinski definition) is 1. The second kappa shape index (κ2) is 10.1. The van der Waals surface area contributed by atoms with Crippen LogP contribution in [0.5, 0.6) is 5.75 Å². The maximum atomic E-state index is 12.6. The fourth-order valence-electron chi connectivity index (χ4n) is 4.43. The van der Waals surface area contributed by atoms with Gasteiger partial charge in [-0.3, -0.25) is 4.79 Å². The first-order valence-corrected chi connectivity index (χ1v) is 12.0. The molecule has 4 aromatic rings. The van der Waals surface area contributed by atoms with E-state index < -0.39 is 0 Å². The van der Waals surface area contributed by atoms with Gasteiger partial charge in [-0.2, -0.15) is 0 Å². The molecule has 1 saturated heterocycles. The zero-order valence-corrected chi connectivity index (χ0v) is 20.2. The van der Waals surface area contributed by atoms with Crippen molar-refractivity contribution in [1.29, 1.82) is 0 Å². The van der Waals surface area contributed by atoms with Gasteiger partial charge in [-0.25, -0.2) is 4.98 Å². The van der Waals surface area contributed by atoms with Crippen molar-refractivity contribution in [3.05, 3.63) is 90.0 Å². The summed E-state index contributed by atoms with van der Waals surface area (Å²) in [5.74, 6) is 1.35. The summed E-state index contributed by atoms with van der Waals surface area (Å²) in [6.45, 7) is 7.59. The second-order valence-corrected chi connectivity index (χ2v) is 8.96. The molecule has 0 spiro atoms. The highest BCUT2D eigenvalue weighted by atomic mass is 16.5. The summed E-state index contributed by atoms with van der Waals surface area (Å²) in [5, 5.41) is 3.94. The van der Waals surface area contributed by atoms with Crippen LogP contribution in [0, 0.1) is 13.8 Å². The monoisotopic (exact) mass is 466 g/mol. The number of carbonyl (C=O) groups is 1. The maximum Gasteiger partial charge on any atom is 0.262 e. The number of pyridine rings is 1. The molecule has 0 atom stereocenters. The molecule has 1 amide bonds. The molecule has 6 nitrogen and oxygen atoms in total. The number of aromatic nitrogens is 1. The van der Waals surface area contributed by atoms with Gasteiger partial charge < -0.3 is 19.9 Å². The number of piperazine rings is 1. The Kier molecular flexibility index (Phi) is 6.53. The Balaban J connectivity index is 1.27. The minimum absolute atomic E-state index is 0.0752. The Morgan fingerprint density at radius 2 is 1.66 bits per heavy atom. The quantitative estimate of drug-likeness (QED) is 0.424. The third kappa shape index (κ3) is 5.22. The van der Waals surface area contributed by atoms with Gasteiger partial charge in [0.1, 0.15) is 17.1 Å². The molecule has 0 unspecified atom stereocenters. The molecule has 1 aliphatic rings. The van der Waals surface area contributed by atoms with E-state index in [-0.39, 0.29) is 12.5 Å². The number of fused-ring (bicyclic) bond motifs is 1. The molecule has 1 aliphatic heterocycles. The Morgan fingerprint density at radius 3 is 2.46 bits per heavy atom. The second-order valence-electron chi connectivity index (χ2n) is 8.96. The highest BCUT2D eigenvalue weighted by Gasteiger charge is 2.19. The van der Waals surface area contributed by atoms with Crippen LogP contribution in [0.4, 0.5) is 17.2 Å². The smallest absolute Gasteiger partial charge is 0.262 e. The van der Waals surface area contributed by atoms with Crippen LogP contribution in [-0.2, 0) is 4.79 Å². The Labute approximate surface area is 206 Å². The van der Waals surface area contributed by atoms with E-state index in [9.17, 15) is 4.79 Å². The summed E-state index contributed by atoms with van der Waals surface area (Å²) in [7, 11) is 0. The number of nitrogens with one attached hydrogen (secondary N) is 1. The van der Waals surface area contributed by atoms with Crippen LogP contribution in [0.1, 0.15) is 11.1 Å². The average Bonchev–Trinajstić information content (AvgIpc) is 2.90. The average molecular weight is 467 g/mol. The fourth-order valence-corrected chi connectivity index (χ4v) is 4.43. The number of para-hydroxylation sites is 2. The van der Waals surface area contributed by atoms with E-state index in [1.165, 1.54) is 5.69 Å². The Hall–Kier alpha value is -4.06. The van der Waals surface area contributed by atoms with E-state index in [1.54, 1.807) is 0 Å². The van der Waals surface area contributed by atoms with Crippen molar-refractivity contribution in [3.63, 3.8) is 0 Å². The molecule has 1 fully saturated rings. The normalized spacial score (nSPS) is 13.7. The van der Waals surface area contributed by atoms with Crippen LogP contribution >= 0.6 is 0 Å². The Morgan fingerprint density at radius 1 is 0.886 bits per heavy atom. The standard InChI is InChI=1S/C29H30N4O2/c1-21-11-12-22(2)25(19-21)30-28(34)20-35-26-10-6-7-23-13-14-27(31-29(23)26)33-17-15-32(16-18-33)24-8-4-3-5-9-24/h3-14,19H,15-18,20H2,1-2H3,(H,30,34). The zero-order valence-electron chi connectivity index (χ0n) is 20.2. The molecule has 6 heteroatoms. The van der Waals surface area contributed by atoms with Gasteiger partial charge in [0.15, 0.2) is 6.61 Å². The molecule has 0 aliphatic carbocycles. The Bertz CT molecular complexity index is 1330. The van der Waals surface area contributed by atoms with Crippen molar-refractivity contribution in [1.82, 2.24) is 4.98 Å². The van der Waals surface area contributed by atoms with Crippen LogP contribution in [0.25, 0.3) is 10.9 Å². The minimum Gasteiger partial charge on any atom is -0.481 e. The first kappa shape index (κ1) is 22.7. The molecule has 1 aromatic heterocycles. The van der Waals surface area contributed by atoms with Crippen LogP contribution in [-0.4, -0.2) is 43.7 Å². The number of anilines is 3. The van der Waals surface area contributed by atoms with E-state index in [2.05, 4.69) is 51.5 Å². The first-order valence-electron chi connectivity index (χ1n) is 12.0. The molecule has 5 rings (SSSR count). The number of aryl methyl sites for hydroxylation is 2. The van der Waals surface area contributed by atoms with Crippen molar-refractivity contribution in [2.45, 2.75) is 13.8 Å².